The molecular formula is C16H17N3OS. The average Bonchev–Trinajstić information content (AvgIpc) is 2.92. The Morgan fingerprint density at radius 1 is 1.24 bits per heavy atom. The van der Waals surface area contributed by atoms with Gasteiger partial charge < -0.3 is 5.32 Å². The van der Waals surface area contributed by atoms with Crippen LogP contribution in [0, 0.1) is 20.8 Å². The van der Waals surface area contributed by atoms with Crippen molar-refractivity contribution in [3.63, 3.8) is 0 Å². The third-order valence-electron chi connectivity index (χ3n) is 3.80. The zero-order chi connectivity index (χ0) is 15.1. The molecule has 2 heterocycles. The number of carbonyl (C=O) groups is 1. The summed E-state index contributed by atoms with van der Waals surface area (Å²) in [6, 6.07) is 8.09. The predicted molar refractivity (Wildman–Crippen MR) is 87.2 cm³/mol. The van der Waals surface area contributed by atoms with Crippen molar-refractivity contribution in [2.24, 2.45) is 7.05 Å². The van der Waals surface area contributed by atoms with E-state index in [-0.39, 0.29) is 5.91 Å². The lowest BCUT2D eigenvalue weighted by Crippen LogP contribution is -2.12. The van der Waals surface area contributed by atoms with Gasteiger partial charge in [0, 0.05) is 11.7 Å². The number of benzene rings is 1. The first-order chi connectivity index (χ1) is 9.99. The number of hydrogen-bond acceptors (Lipinski definition) is 3. The molecule has 0 fully saturated rings. The van der Waals surface area contributed by atoms with Crippen molar-refractivity contribution in [3.05, 3.63) is 46.1 Å². The van der Waals surface area contributed by atoms with E-state index in [0.29, 0.717) is 0 Å². The predicted octanol–water partition coefficient (Wildman–Crippen LogP) is 3.81. The first kappa shape index (κ1) is 13.8. The normalized spacial score (nSPS) is 11.0. The number of hydrogen-bond donors (Lipinski definition) is 1. The van der Waals surface area contributed by atoms with E-state index >= 15 is 0 Å². The van der Waals surface area contributed by atoms with Crippen molar-refractivity contribution < 1.29 is 4.79 Å². The number of nitrogens with zero attached hydrogens (tertiary/aromatic N) is 2. The van der Waals surface area contributed by atoms with Crippen molar-refractivity contribution >= 4 is 33.0 Å². The molecule has 21 heavy (non-hydrogen) atoms. The van der Waals surface area contributed by atoms with Gasteiger partial charge in [-0.2, -0.15) is 5.10 Å². The van der Waals surface area contributed by atoms with Gasteiger partial charge in [-0.05, 0) is 37.8 Å². The lowest BCUT2D eigenvalue weighted by molar-refractivity contribution is 0.103. The molecule has 0 unspecified atom stereocenters. The summed E-state index contributed by atoms with van der Waals surface area (Å²) in [6.07, 6.45) is 0. The van der Waals surface area contributed by atoms with Crippen molar-refractivity contribution in [3.8, 4) is 0 Å². The Hall–Kier alpha value is -2.14. The highest BCUT2D eigenvalue weighted by molar-refractivity contribution is 7.21. The van der Waals surface area contributed by atoms with Crippen LogP contribution in [0.25, 0.3) is 10.1 Å². The number of anilines is 1. The molecule has 0 aliphatic carbocycles. The van der Waals surface area contributed by atoms with E-state index in [1.165, 1.54) is 11.3 Å². The Morgan fingerprint density at radius 3 is 2.57 bits per heavy atom. The summed E-state index contributed by atoms with van der Waals surface area (Å²) in [5.74, 6) is -0.0621. The molecule has 5 heteroatoms. The van der Waals surface area contributed by atoms with Crippen molar-refractivity contribution in [1.29, 1.82) is 0 Å². The molecule has 108 valence electrons. The van der Waals surface area contributed by atoms with Gasteiger partial charge in [0.25, 0.3) is 5.91 Å². The number of thiophene rings is 1. The second-order valence-electron chi connectivity index (χ2n) is 5.18. The summed E-state index contributed by atoms with van der Waals surface area (Å²) in [7, 11) is 1.88. The Morgan fingerprint density at radius 2 is 1.95 bits per heavy atom. The molecule has 0 aliphatic rings. The van der Waals surface area contributed by atoms with E-state index < -0.39 is 0 Å². The van der Waals surface area contributed by atoms with E-state index in [1.54, 1.807) is 4.68 Å². The van der Waals surface area contributed by atoms with Crippen molar-refractivity contribution in [1.82, 2.24) is 9.78 Å². The summed E-state index contributed by atoms with van der Waals surface area (Å²) in [5.41, 5.74) is 3.63. The van der Waals surface area contributed by atoms with E-state index in [9.17, 15) is 4.79 Å². The van der Waals surface area contributed by atoms with Crippen LogP contribution in [0.15, 0.2) is 24.3 Å². The standard InChI is InChI=1S/C16H17N3OS/c1-9-12-7-5-6-8-13(12)21-15(9)16(20)17-14-10(2)18-19(4)11(14)3/h5-8H,1-4H3,(H,17,20). The van der Waals surface area contributed by atoms with Crippen LogP contribution in [0.3, 0.4) is 0 Å². The van der Waals surface area contributed by atoms with Crippen LogP contribution in [0.1, 0.15) is 26.6 Å². The molecule has 0 radical (unpaired) electrons. The fourth-order valence-corrected chi connectivity index (χ4v) is 3.62. The second kappa shape index (κ2) is 5.00. The minimum absolute atomic E-state index is 0.0621. The highest BCUT2D eigenvalue weighted by Gasteiger charge is 2.18. The molecule has 0 spiro atoms. The highest BCUT2D eigenvalue weighted by Crippen LogP contribution is 2.31. The van der Waals surface area contributed by atoms with Gasteiger partial charge in [0.1, 0.15) is 0 Å². The van der Waals surface area contributed by atoms with Crippen molar-refractivity contribution in [2.75, 3.05) is 5.32 Å². The molecule has 1 N–H and O–H groups in total. The first-order valence-corrected chi connectivity index (χ1v) is 7.60. The molecule has 4 nitrogen and oxygen atoms in total. The SMILES string of the molecule is Cc1nn(C)c(C)c1NC(=O)c1sc2ccccc2c1C. The monoisotopic (exact) mass is 299 g/mol. The minimum Gasteiger partial charge on any atom is -0.318 e. The zero-order valence-electron chi connectivity index (χ0n) is 12.5. The third-order valence-corrected chi connectivity index (χ3v) is 5.07. The largest absolute Gasteiger partial charge is 0.318 e. The van der Waals surface area contributed by atoms with Crippen LogP contribution in [0.5, 0.6) is 0 Å². The fraction of sp³-hybridized carbons (Fsp3) is 0.250. The molecule has 0 saturated heterocycles. The molecule has 3 rings (SSSR count). The number of fused-ring (bicyclic) bond motifs is 1. The third kappa shape index (κ3) is 2.23. The van der Waals surface area contributed by atoms with Crippen LogP contribution >= 0.6 is 11.3 Å². The number of amides is 1. The molecule has 1 aromatic carbocycles. The summed E-state index contributed by atoms with van der Waals surface area (Å²) in [4.78, 5) is 13.3. The van der Waals surface area contributed by atoms with Crippen LogP contribution < -0.4 is 5.32 Å². The van der Waals surface area contributed by atoms with Gasteiger partial charge in [0.15, 0.2) is 0 Å². The van der Waals surface area contributed by atoms with Crippen LogP contribution in [-0.2, 0) is 7.05 Å². The Balaban J connectivity index is 1.99. The highest BCUT2D eigenvalue weighted by atomic mass is 32.1. The number of aromatic nitrogens is 2. The van der Waals surface area contributed by atoms with E-state index in [2.05, 4.69) is 16.5 Å². The van der Waals surface area contributed by atoms with Gasteiger partial charge in [-0.3, -0.25) is 9.48 Å². The van der Waals surface area contributed by atoms with E-state index in [0.717, 1.165) is 37.6 Å². The van der Waals surface area contributed by atoms with Crippen LogP contribution in [-0.4, -0.2) is 15.7 Å². The topological polar surface area (TPSA) is 46.9 Å². The lowest BCUT2D eigenvalue weighted by Gasteiger charge is -2.05. The van der Waals surface area contributed by atoms with Crippen LogP contribution in [0.2, 0.25) is 0 Å². The van der Waals surface area contributed by atoms with Gasteiger partial charge in [0.2, 0.25) is 0 Å². The van der Waals surface area contributed by atoms with E-state index in [4.69, 9.17) is 0 Å². The molecule has 0 saturated carbocycles. The molecule has 0 aliphatic heterocycles. The molecule has 1 amide bonds. The average molecular weight is 299 g/mol. The Kier molecular flexibility index (Phi) is 3.29. The van der Waals surface area contributed by atoms with Gasteiger partial charge in [-0.1, -0.05) is 18.2 Å². The van der Waals surface area contributed by atoms with Gasteiger partial charge in [0.05, 0.1) is 22.0 Å². The molecule has 0 atom stereocenters. The van der Waals surface area contributed by atoms with Gasteiger partial charge in [-0.25, -0.2) is 0 Å². The summed E-state index contributed by atoms with van der Waals surface area (Å²) >= 11 is 1.53. The summed E-state index contributed by atoms with van der Waals surface area (Å²) < 4.78 is 2.92. The first-order valence-electron chi connectivity index (χ1n) is 6.78. The molecule has 0 bridgehead atoms. The fourth-order valence-electron chi connectivity index (χ4n) is 2.52. The Bertz CT molecular complexity index is 845. The number of carbonyl (C=O) groups excluding carboxylic acids is 1. The molecule has 3 aromatic rings. The summed E-state index contributed by atoms with van der Waals surface area (Å²) in [6.45, 7) is 5.85. The number of rotatable bonds is 2. The maximum absolute atomic E-state index is 12.6. The lowest BCUT2D eigenvalue weighted by atomic mass is 10.1. The molecular weight excluding hydrogens is 282 g/mol. The second-order valence-corrected chi connectivity index (χ2v) is 6.23. The molecule has 2 aromatic heterocycles. The summed E-state index contributed by atoms with van der Waals surface area (Å²) in [5, 5.41) is 8.48. The minimum atomic E-state index is -0.0621. The maximum Gasteiger partial charge on any atom is 0.266 e. The maximum atomic E-state index is 12.6. The number of aryl methyl sites for hydroxylation is 3. The quantitative estimate of drug-likeness (QED) is 0.782. The van der Waals surface area contributed by atoms with E-state index in [1.807, 2.05) is 46.0 Å². The van der Waals surface area contributed by atoms with Crippen LogP contribution in [0.4, 0.5) is 5.69 Å². The van der Waals surface area contributed by atoms with Gasteiger partial charge >= 0.3 is 0 Å². The number of nitrogens with one attached hydrogen (secondary N) is 1. The smallest absolute Gasteiger partial charge is 0.266 e. The zero-order valence-corrected chi connectivity index (χ0v) is 13.3. The van der Waals surface area contributed by atoms with Crippen molar-refractivity contribution in [2.45, 2.75) is 20.8 Å². The van der Waals surface area contributed by atoms with Gasteiger partial charge in [-0.15, -0.1) is 11.3 Å². The Labute approximate surface area is 127 Å².